The highest BCUT2D eigenvalue weighted by Gasteiger charge is 2.26. The lowest BCUT2D eigenvalue weighted by Crippen LogP contribution is -2.46. The first kappa shape index (κ1) is 28.2. The maximum absolute atomic E-state index is 13.1. The average molecular weight is 547 g/mol. The Bertz CT molecular complexity index is 1520. The molecule has 204 valence electrons. The minimum Gasteiger partial charge on any atom is -0.444 e. The molecule has 0 radical (unpaired) electrons. The molecular formula is C30H34N4O4S. The van der Waals surface area contributed by atoms with Crippen LogP contribution in [0.5, 0.6) is 0 Å². The molecule has 9 heteroatoms. The van der Waals surface area contributed by atoms with E-state index >= 15 is 0 Å². The number of ether oxygens (including phenoxy) is 1. The molecule has 1 N–H and O–H groups in total. The van der Waals surface area contributed by atoms with Gasteiger partial charge in [-0.3, -0.25) is 9.97 Å². The molecule has 2 aromatic heterocycles. The molecule has 4 rings (SSSR count). The number of aromatic nitrogens is 2. The van der Waals surface area contributed by atoms with E-state index in [9.17, 15) is 13.2 Å². The van der Waals surface area contributed by atoms with E-state index in [1.807, 2.05) is 57.2 Å². The molecule has 0 aliphatic rings. The molecular weight excluding hydrogens is 512 g/mol. The highest BCUT2D eigenvalue weighted by Crippen LogP contribution is 2.20. The summed E-state index contributed by atoms with van der Waals surface area (Å²) in [6.07, 6.45) is 6.94. The summed E-state index contributed by atoms with van der Waals surface area (Å²) in [4.78, 5) is 22.9. The van der Waals surface area contributed by atoms with E-state index in [2.05, 4.69) is 14.7 Å². The van der Waals surface area contributed by atoms with Crippen molar-refractivity contribution in [1.29, 1.82) is 0 Å². The first-order chi connectivity index (χ1) is 18.5. The van der Waals surface area contributed by atoms with Crippen LogP contribution < -0.4 is 4.72 Å². The predicted molar refractivity (Wildman–Crippen MR) is 153 cm³/mol. The number of carbonyl (C=O) groups is 1. The van der Waals surface area contributed by atoms with Gasteiger partial charge in [0.15, 0.2) is 0 Å². The summed E-state index contributed by atoms with van der Waals surface area (Å²) in [5.74, 6) is 0. The van der Waals surface area contributed by atoms with E-state index in [-0.39, 0.29) is 11.4 Å². The molecule has 2 aromatic carbocycles. The lowest BCUT2D eigenvalue weighted by Gasteiger charge is -2.29. The van der Waals surface area contributed by atoms with Crippen LogP contribution in [0, 0.1) is 0 Å². The van der Waals surface area contributed by atoms with Crippen molar-refractivity contribution in [2.24, 2.45) is 0 Å². The fraction of sp³-hybridized carbons (Fsp3) is 0.300. The van der Waals surface area contributed by atoms with Crippen molar-refractivity contribution in [2.75, 3.05) is 13.1 Å². The maximum atomic E-state index is 13.1. The van der Waals surface area contributed by atoms with Crippen molar-refractivity contribution in [1.82, 2.24) is 19.6 Å². The van der Waals surface area contributed by atoms with Crippen LogP contribution in [0.25, 0.3) is 21.9 Å². The maximum Gasteiger partial charge on any atom is 0.410 e. The Morgan fingerprint density at radius 2 is 1.59 bits per heavy atom. The number of benzene rings is 2. The van der Waals surface area contributed by atoms with Gasteiger partial charge in [-0.25, -0.2) is 17.9 Å². The summed E-state index contributed by atoms with van der Waals surface area (Å²) in [6.45, 7) is 7.69. The number of hydrogen-bond donors (Lipinski definition) is 1. The molecule has 1 unspecified atom stereocenters. The topological polar surface area (TPSA) is 101 Å². The zero-order valence-electron chi connectivity index (χ0n) is 22.7. The fourth-order valence-electron chi connectivity index (χ4n) is 4.19. The normalized spacial score (nSPS) is 12.7. The van der Waals surface area contributed by atoms with Crippen LogP contribution in [0.4, 0.5) is 4.79 Å². The molecule has 1 atom stereocenters. The third-order valence-corrected chi connectivity index (χ3v) is 7.65. The lowest BCUT2D eigenvalue weighted by atomic mass is 10.0. The summed E-state index contributed by atoms with van der Waals surface area (Å²) in [7, 11) is -3.81. The Kier molecular flexibility index (Phi) is 8.62. The smallest absolute Gasteiger partial charge is 0.410 e. The van der Waals surface area contributed by atoms with Crippen LogP contribution in [0.2, 0.25) is 0 Å². The van der Waals surface area contributed by atoms with Crippen molar-refractivity contribution < 1.29 is 17.9 Å². The summed E-state index contributed by atoms with van der Waals surface area (Å²) in [5.41, 5.74) is 2.54. The summed E-state index contributed by atoms with van der Waals surface area (Å²) < 4.78 is 34.6. The molecule has 2 heterocycles. The second-order valence-corrected chi connectivity index (χ2v) is 12.2. The van der Waals surface area contributed by atoms with Gasteiger partial charge in [-0.2, -0.15) is 0 Å². The van der Waals surface area contributed by atoms with E-state index in [1.165, 1.54) is 0 Å². The van der Waals surface area contributed by atoms with Crippen molar-refractivity contribution in [2.45, 2.75) is 50.7 Å². The Hall–Kier alpha value is -3.82. The van der Waals surface area contributed by atoms with E-state index in [0.717, 1.165) is 27.5 Å². The number of nitrogens with one attached hydrogen (secondary N) is 1. The molecule has 0 aliphatic carbocycles. The molecule has 0 fully saturated rings. The van der Waals surface area contributed by atoms with Crippen LogP contribution in [0.1, 0.15) is 33.3 Å². The van der Waals surface area contributed by atoms with E-state index < -0.39 is 27.8 Å². The van der Waals surface area contributed by atoms with Gasteiger partial charge in [-0.05, 0) is 86.5 Å². The SMILES string of the molecule is CC(CN(CCc1ccc(-c2ccncc2)cc1)C(=O)OC(C)(C)C)NS(=O)(=O)c1ccc2cnccc2c1. The number of hydrogen-bond acceptors (Lipinski definition) is 6. The molecule has 0 spiro atoms. The third-order valence-electron chi connectivity index (χ3n) is 6.06. The first-order valence-corrected chi connectivity index (χ1v) is 14.3. The monoisotopic (exact) mass is 546 g/mol. The van der Waals surface area contributed by atoms with Crippen LogP contribution in [-0.4, -0.2) is 54.1 Å². The number of nitrogens with zero attached hydrogens (tertiary/aromatic N) is 3. The van der Waals surface area contributed by atoms with Crippen LogP contribution in [-0.2, 0) is 21.2 Å². The van der Waals surface area contributed by atoms with E-state index in [1.54, 1.807) is 60.9 Å². The number of fused-ring (bicyclic) bond motifs is 1. The third kappa shape index (κ3) is 7.84. The molecule has 0 saturated carbocycles. The van der Waals surface area contributed by atoms with Crippen molar-refractivity contribution >= 4 is 26.9 Å². The zero-order chi connectivity index (χ0) is 28.0. The molecule has 0 aliphatic heterocycles. The van der Waals surface area contributed by atoms with E-state index in [4.69, 9.17) is 4.74 Å². The van der Waals surface area contributed by atoms with Gasteiger partial charge < -0.3 is 9.64 Å². The Labute approximate surface area is 230 Å². The zero-order valence-corrected chi connectivity index (χ0v) is 23.5. The van der Waals surface area contributed by atoms with Crippen LogP contribution in [0.15, 0.2) is 90.3 Å². The van der Waals surface area contributed by atoms with Crippen LogP contribution in [0.3, 0.4) is 0 Å². The Morgan fingerprint density at radius 3 is 2.28 bits per heavy atom. The fourth-order valence-corrected chi connectivity index (χ4v) is 5.45. The number of sulfonamides is 1. The molecule has 0 bridgehead atoms. The molecule has 1 amide bonds. The lowest BCUT2D eigenvalue weighted by molar-refractivity contribution is 0.0241. The Balaban J connectivity index is 1.44. The number of amides is 1. The molecule has 39 heavy (non-hydrogen) atoms. The standard InChI is InChI=1S/C30H34N4O4S/c1-22(33-39(36,37)28-10-9-27-20-32-17-13-26(27)19-28)21-34(29(35)38-30(2,3)4)18-14-23-5-7-24(8-6-23)25-11-15-31-16-12-25/h5-13,15-17,19-20,22,33H,14,18,21H2,1-4H3. The minimum atomic E-state index is -3.81. The second kappa shape index (κ2) is 11.9. The van der Waals surface area contributed by atoms with Gasteiger partial charge in [0.1, 0.15) is 5.60 Å². The minimum absolute atomic E-state index is 0.154. The summed E-state index contributed by atoms with van der Waals surface area (Å²) in [6, 6.07) is 18.2. The van der Waals surface area contributed by atoms with Crippen molar-refractivity contribution in [3.63, 3.8) is 0 Å². The number of rotatable bonds is 9. The number of pyridine rings is 2. The summed E-state index contributed by atoms with van der Waals surface area (Å²) >= 11 is 0. The van der Waals surface area contributed by atoms with Crippen molar-refractivity contribution in [3.8, 4) is 11.1 Å². The van der Waals surface area contributed by atoms with Gasteiger partial charge in [-0.1, -0.05) is 30.3 Å². The second-order valence-electron chi connectivity index (χ2n) is 10.5. The summed E-state index contributed by atoms with van der Waals surface area (Å²) in [5, 5.41) is 1.64. The van der Waals surface area contributed by atoms with Gasteiger partial charge in [0, 0.05) is 49.3 Å². The molecule has 4 aromatic rings. The number of carbonyl (C=O) groups excluding carboxylic acids is 1. The Morgan fingerprint density at radius 1 is 0.923 bits per heavy atom. The molecule has 0 saturated heterocycles. The quantitative estimate of drug-likeness (QED) is 0.300. The van der Waals surface area contributed by atoms with Crippen LogP contribution >= 0.6 is 0 Å². The van der Waals surface area contributed by atoms with Gasteiger partial charge >= 0.3 is 6.09 Å². The van der Waals surface area contributed by atoms with E-state index in [0.29, 0.717) is 13.0 Å². The predicted octanol–water partition coefficient (Wildman–Crippen LogP) is 5.44. The molecule has 8 nitrogen and oxygen atoms in total. The first-order valence-electron chi connectivity index (χ1n) is 12.8. The highest BCUT2D eigenvalue weighted by atomic mass is 32.2. The van der Waals surface area contributed by atoms with Gasteiger partial charge in [-0.15, -0.1) is 0 Å². The average Bonchev–Trinajstić information content (AvgIpc) is 2.90. The van der Waals surface area contributed by atoms with Crippen molar-refractivity contribution in [3.05, 3.63) is 91.0 Å². The van der Waals surface area contributed by atoms with Gasteiger partial charge in [0.25, 0.3) is 0 Å². The largest absolute Gasteiger partial charge is 0.444 e. The van der Waals surface area contributed by atoms with Gasteiger partial charge in [0.05, 0.1) is 4.90 Å². The highest BCUT2D eigenvalue weighted by molar-refractivity contribution is 7.89. The van der Waals surface area contributed by atoms with Gasteiger partial charge in [0.2, 0.25) is 10.0 Å².